The fourth-order valence-electron chi connectivity index (χ4n) is 2.24. The molecular weight excluding hydrogens is 252 g/mol. The molecule has 108 valence electrons. The number of aryl methyl sites for hydroxylation is 1. The molecule has 1 N–H and O–H groups in total. The van der Waals surface area contributed by atoms with Crippen molar-refractivity contribution in [3.8, 4) is 17.2 Å². The van der Waals surface area contributed by atoms with E-state index in [-0.39, 0.29) is 0 Å². The smallest absolute Gasteiger partial charge is 0.160 e. The largest absolute Gasteiger partial charge is 0.504 e. The van der Waals surface area contributed by atoms with E-state index in [4.69, 9.17) is 4.74 Å². The Morgan fingerprint density at radius 2 is 1.90 bits per heavy atom. The molecule has 1 heterocycles. The zero-order valence-corrected chi connectivity index (χ0v) is 12.4. The number of benzene rings is 1. The fraction of sp³-hybridized carbons (Fsp3) is 0.438. The number of nitrogens with zero attached hydrogens (tertiary/aromatic N) is 2. The predicted octanol–water partition coefficient (Wildman–Crippen LogP) is 3.49. The summed E-state index contributed by atoms with van der Waals surface area (Å²) in [5.41, 5.74) is 2.60. The monoisotopic (exact) mass is 274 g/mol. The van der Waals surface area contributed by atoms with Gasteiger partial charge in [-0.15, -0.1) is 0 Å². The molecule has 0 saturated carbocycles. The van der Waals surface area contributed by atoms with E-state index in [1.54, 1.807) is 7.11 Å². The lowest BCUT2D eigenvalue weighted by Crippen LogP contribution is -2.02. The van der Waals surface area contributed by atoms with Gasteiger partial charge in [-0.3, -0.25) is 0 Å². The number of unbranched alkanes of at least 4 members (excludes halogenated alkanes) is 1. The Labute approximate surface area is 120 Å². The summed E-state index contributed by atoms with van der Waals surface area (Å²) in [7, 11) is 1.65. The Bertz CT molecular complexity index is 559. The van der Waals surface area contributed by atoms with Gasteiger partial charge >= 0.3 is 0 Å². The summed E-state index contributed by atoms with van der Waals surface area (Å²) in [4.78, 5) is 0. The number of ether oxygens (including phenoxy) is 1. The lowest BCUT2D eigenvalue weighted by molar-refractivity contribution is 0.414. The van der Waals surface area contributed by atoms with Gasteiger partial charge < -0.3 is 9.84 Å². The van der Waals surface area contributed by atoms with Crippen LogP contribution in [0.4, 0.5) is 0 Å². The highest BCUT2D eigenvalue weighted by Crippen LogP contribution is 2.27. The van der Waals surface area contributed by atoms with Gasteiger partial charge in [0.2, 0.25) is 0 Å². The molecule has 0 bridgehead atoms. The van der Waals surface area contributed by atoms with E-state index in [9.17, 15) is 5.11 Å². The normalized spacial score (nSPS) is 10.8. The van der Waals surface area contributed by atoms with Crippen molar-refractivity contribution in [2.75, 3.05) is 7.11 Å². The van der Waals surface area contributed by atoms with Crippen molar-refractivity contribution < 1.29 is 9.84 Å². The van der Waals surface area contributed by atoms with Gasteiger partial charge in [-0.1, -0.05) is 20.3 Å². The highest BCUT2D eigenvalue weighted by atomic mass is 16.5. The molecule has 0 aliphatic rings. The van der Waals surface area contributed by atoms with Gasteiger partial charge in [0, 0.05) is 0 Å². The zero-order valence-electron chi connectivity index (χ0n) is 12.4. The second kappa shape index (κ2) is 6.46. The quantitative estimate of drug-likeness (QED) is 0.877. The van der Waals surface area contributed by atoms with Crippen molar-refractivity contribution >= 4 is 0 Å². The molecule has 0 amide bonds. The topological polar surface area (TPSA) is 47.3 Å². The number of aromatic nitrogens is 2. The molecule has 0 aliphatic carbocycles. The van der Waals surface area contributed by atoms with Crippen LogP contribution in [-0.4, -0.2) is 22.0 Å². The summed E-state index contributed by atoms with van der Waals surface area (Å²) in [6.07, 6.45) is 3.70. The van der Waals surface area contributed by atoms with Crippen molar-refractivity contribution in [1.29, 1.82) is 0 Å². The summed E-state index contributed by atoms with van der Waals surface area (Å²) in [5.74, 6) is 1.16. The van der Waals surface area contributed by atoms with Crippen molar-refractivity contribution in [2.24, 2.45) is 0 Å². The first-order valence-corrected chi connectivity index (χ1v) is 7.15. The van der Waals surface area contributed by atoms with Gasteiger partial charge in [-0.2, -0.15) is 5.10 Å². The van der Waals surface area contributed by atoms with Crippen molar-refractivity contribution in [3.05, 3.63) is 35.7 Å². The highest BCUT2D eigenvalue weighted by Gasteiger charge is 2.16. The van der Waals surface area contributed by atoms with E-state index in [0.717, 1.165) is 48.5 Å². The molecule has 4 nitrogen and oxygen atoms in total. The lowest BCUT2D eigenvalue weighted by Gasteiger charge is -2.08. The number of rotatable bonds is 6. The maximum Gasteiger partial charge on any atom is 0.160 e. The third-order valence-electron chi connectivity index (χ3n) is 3.44. The Morgan fingerprint density at radius 3 is 2.45 bits per heavy atom. The molecular formula is C16H22N2O2. The first-order valence-electron chi connectivity index (χ1n) is 7.15. The van der Waals surface area contributed by atoms with Crippen LogP contribution < -0.4 is 4.74 Å². The second-order valence-electron chi connectivity index (χ2n) is 4.81. The Kier molecular flexibility index (Phi) is 4.66. The van der Waals surface area contributed by atoms with Crippen LogP contribution in [0.5, 0.6) is 11.5 Å². The Hall–Kier alpha value is -1.97. The summed E-state index contributed by atoms with van der Waals surface area (Å²) in [5, 5.41) is 14.8. The molecule has 0 unspecified atom stereocenters. The summed E-state index contributed by atoms with van der Waals surface area (Å²) < 4.78 is 7.02. The first kappa shape index (κ1) is 14.4. The van der Waals surface area contributed by atoms with Crippen molar-refractivity contribution in [1.82, 2.24) is 9.78 Å². The molecule has 2 aromatic rings. The van der Waals surface area contributed by atoms with Crippen LogP contribution in [0.25, 0.3) is 5.69 Å². The van der Waals surface area contributed by atoms with Crippen LogP contribution in [-0.2, 0) is 12.8 Å². The van der Waals surface area contributed by atoms with E-state index >= 15 is 0 Å². The number of methoxy groups -OCH3 is 1. The molecule has 1 aromatic heterocycles. The molecule has 0 atom stereocenters. The average Bonchev–Trinajstić information content (AvgIpc) is 2.81. The molecule has 0 spiro atoms. The summed E-state index contributed by atoms with van der Waals surface area (Å²) in [6.45, 7) is 4.15. The molecule has 0 aliphatic heterocycles. The minimum atomic E-state index is 0.344. The average molecular weight is 274 g/mol. The van der Waals surface area contributed by atoms with E-state index in [1.807, 2.05) is 35.9 Å². The van der Waals surface area contributed by atoms with Crippen LogP contribution in [0.15, 0.2) is 24.3 Å². The standard InChI is InChI=1S/C16H22N2O2/c1-4-6-7-15-16(19)14(5-2)17-18(15)12-8-10-13(20-3)11-9-12/h8-11,19H,4-7H2,1-3H3. The van der Waals surface area contributed by atoms with Crippen molar-refractivity contribution in [3.63, 3.8) is 0 Å². The van der Waals surface area contributed by atoms with Gasteiger partial charge in [0.1, 0.15) is 11.4 Å². The van der Waals surface area contributed by atoms with Gasteiger partial charge in [0.05, 0.1) is 18.5 Å². The van der Waals surface area contributed by atoms with Crippen LogP contribution in [0, 0.1) is 0 Å². The van der Waals surface area contributed by atoms with Gasteiger partial charge in [-0.25, -0.2) is 4.68 Å². The Morgan fingerprint density at radius 1 is 1.20 bits per heavy atom. The Balaban J connectivity index is 2.42. The second-order valence-corrected chi connectivity index (χ2v) is 4.81. The number of hydrogen-bond donors (Lipinski definition) is 1. The van der Waals surface area contributed by atoms with E-state index in [1.165, 1.54) is 0 Å². The third-order valence-corrected chi connectivity index (χ3v) is 3.44. The van der Waals surface area contributed by atoms with E-state index in [0.29, 0.717) is 5.75 Å². The van der Waals surface area contributed by atoms with Gasteiger partial charge in [-0.05, 0) is 43.5 Å². The maximum absolute atomic E-state index is 10.3. The maximum atomic E-state index is 10.3. The lowest BCUT2D eigenvalue weighted by atomic mass is 10.1. The van der Waals surface area contributed by atoms with Crippen molar-refractivity contribution in [2.45, 2.75) is 39.5 Å². The minimum absolute atomic E-state index is 0.344. The molecule has 0 fully saturated rings. The predicted molar refractivity (Wildman–Crippen MR) is 79.8 cm³/mol. The third kappa shape index (κ3) is 2.79. The molecule has 1 aromatic carbocycles. The number of hydrogen-bond acceptors (Lipinski definition) is 3. The highest BCUT2D eigenvalue weighted by molar-refractivity contribution is 5.43. The minimum Gasteiger partial charge on any atom is -0.504 e. The molecule has 0 saturated heterocycles. The van der Waals surface area contributed by atoms with Gasteiger partial charge in [0.25, 0.3) is 0 Å². The zero-order chi connectivity index (χ0) is 14.5. The van der Waals surface area contributed by atoms with E-state index < -0.39 is 0 Å². The molecule has 20 heavy (non-hydrogen) atoms. The van der Waals surface area contributed by atoms with Crippen LogP contribution in [0.3, 0.4) is 0 Å². The first-order chi connectivity index (χ1) is 9.71. The van der Waals surface area contributed by atoms with Crippen LogP contribution in [0.1, 0.15) is 38.1 Å². The molecule has 0 radical (unpaired) electrons. The summed E-state index contributed by atoms with van der Waals surface area (Å²) in [6, 6.07) is 7.73. The van der Waals surface area contributed by atoms with Crippen LogP contribution >= 0.6 is 0 Å². The summed E-state index contributed by atoms with van der Waals surface area (Å²) >= 11 is 0. The van der Waals surface area contributed by atoms with E-state index in [2.05, 4.69) is 12.0 Å². The van der Waals surface area contributed by atoms with Gasteiger partial charge in [0.15, 0.2) is 5.75 Å². The van der Waals surface area contributed by atoms with Crippen LogP contribution in [0.2, 0.25) is 0 Å². The fourth-order valence-corrected chi connectivity index (χ4v) is 2.24. The SMILES string of the molecule is CCCCc1c(O)c(CC)nn1-c1ccc(OC)cc1. The molecule has 2 rings (SSSR count). The molecule has 4 heteroatoms. The number of aromatic hydroxyl groups is 1.